The number of nitrogens with one attached hydrogen (secondary N) is 1. The van der Waals surface area contributed by atoms with E-state index in [4.69, 9.17) is 17.3 Å². The summed E-state index contributed by atoms with van der Waals surface area (Å²) in [6.45, 7) is 0.736. The molecule has 1 aliphatic rings. The fourth-order valence-electron chi connectivity index (χ4n) is 3.35. The molecule has 0 amide bonds. The highest BCUT2D eigenvalue weighted by Gasteiger charge is 2.33. The molecule has 3 aromatic rings. The Morgan fingerprint density at radius 3 is 3.08 bits per heavy atom. The maximum absolute atomic E-state index is 12.1. The van der Waals surface area contributed by atoms with Gasteiger partial charge in [-0.2, -0.15) is 0 Å². The number of ketones is 1. The largest absolute Gasteiger partial charge is 0.379 e. The van der Waals surface area contributed by atoms with Gasteiger partial charge in [0.1, 0.15) is 10.9 Å². The van der Waals surface area contributed by atoms with Crippen molar-refractivity contribution in [3.8, 4) is 0 Å². The normalized spacial score (nSPS) is 20.7. The summed E-state index contributed by atoms with van der Waals surface area (Å²) in [5, 5.41) is 5.98. The zero-order valence-corrected chi connectivity index (χ0v) is 17.8. The van der Waals surface area contributed by atoms with Crippen LogP contribution in [0.15, 0.2) is 28.1 Å². The van der Waals surface area contributed by atoms with Crippen LogP contribution in [-0.2, 0) is 11.3 Å². The highest BCUT2D eigenvalue weighted by molar-refractivity contribution is 9.10. The van der Waals surface area contributed by atoms with E-state index in [2.05, 4.69) is 37.7 Å². The number of hydrogen-bond acceptors (Lipinski definition) is 6. The highest BCUT2D eigenvalue weighted by atomic mass is 79.9. The van der Waals surface area contributed by atoms with E-state index in [-0.39, 0.29) is 11.7 Å². The lowest BCUT2D eigenvalue weighted by Gasteiger charge is -2.26. The number of halogens is 2. The van der Waals surface area contributed by atoms with Gasteiger partial charge in [0.25, 0.3) is 0 Å². The summed E-state index contributed by atoms with van der Waals surface area (Å²) < 4.78 is 1.95. The molecule has 3 aromatic heterocycles. The number of carbonyl (C=O) groups is 1. The molecule has 0 aliphatic heterocycles. The van der Waals surface area contributed by atoms with Crippen LogP contribution in [0.2, 0.25) is 5.15 Å². The maximum Gasteiger partial charge on any atom is 0.150 e. The van der Waals surface area contributed by atoms with E-state index < -0.39 is 6.04 Å². The van der Waals surface area contributed by atoms with Gasteiger partial charge in [-0.05, 0) is 40.2 Å². The van der Waals surface area contributed by atoms with Gasteiger partial charge in [0.05, 0.1) is 26.4 Å². The van der Waals surface area contributed by atoms with Crippen LogP contribution in [0.3, 0.4) is 0 Å². The van der Waals surface area contributed by atoms with Crippen molar-refractivity contribution in [3.63, 3.8) is 0 Å². The van der Waals surface area contributed by atoms with Gasteiger partial charge < -0.3 is 11.1 Å². The zero-order chi connectivity index (χ0) is 18.3. The Labute approximate surface area is 172 Å². The quantitative estimate of drug-likeness (QED) is 0.491. The molecule has 2 atom stereocenters. The standard InChI is InChI=1S/C18H17BrClN3OS2/c19-14-16-18(26-17(14)10-4-1-5-12(24)15(10)21)11(7-13(20)23-16)22-8-9-3-2-6-25-9/h2-3,6-7,10,15H,1,4-5,8,21H2,(H,22,23)/t10-,15+/m1/s1. The molecule has 0 unspecified atom stereocenters. The lowest BCUT2D eigenvalue weighted by Crippen LogP contribution is -2.39. The van der Waals surface area contributed by atoms with Crippen LogP contribution in [0.5, 0.6) is 0 Å². The van der Waals surface area contributed by atoms with Gasteiger partial charge in [0.2, 0.25) is 0 Å². The monoisotopic (exact) mass is 469 g/mol. The summed E-state index contributed by atoms with van der Waals surface area (Å²) in [5.74, 6) is 0.182. The second kappa shape index (κ2) is 7.56. The lowest BCUT2D eigenvalue weighted by molar-refractivity contribution is -0.122. The van der Waals surface area contributed by atoms with Crippen LogP contribution in [0, 0.1) is 0 Å². The third-order valence-electron chi connectivity index (χ3n) is 4.69. The molecule has 0 radical (unpaired) electrons. The van der Waals surface area contributed by atoms with Gasteiger partial charge in [0.15, 0.2) is 0 Å². The van der Waals surface area contributed by atoms with E-state index in [0.29, 0.717) is 11.6 Å². The van der Waals surface area contributed by atoms with Crippen molar-refractivity contribution >= 4 is 71.9 Å². The summed E-state index contributed by atoms with van der Waals surface area (Å²) in [6.07, 6.45) is 2.39. The lowest BCUT2D eigenvalue weighted by atomic mass is 9.83. The molecule has 4 nitrogen and oxygen atoms in total. The summed E-state index contributed by atoms with van der Waals surface area (Å²) in [7, 11) is 0. The first-order chi connectivity index (χ1) is 12.5. The molecular formula is C18H17BrClN3OS2. The van der Waals surface area contributed by atoms with Gasteiger partial charge in [-0.15, -0.1) is 22.7 Å². The molecule has 4 rings (SSSR count). The predicted molar refractivity (Wildman–Crippen MR) is 114 cm³/mol. The first-order valence-electron chi connectivity index (χ1n) is 8.37. The Kier molecular flexibility index (Phi) is 5.34. The van der Waals surface area contributed by atoms with Crippen LogP contribution < -0.4 is 11.1 Å². The SMILES string of the molecule is N[C@@H]1C(=O)CCC[C@H]1c1sc2c(NCc3cccs3)cc(Cl)nc2c1Br. The molecule has 26 heavy (non-hydrogen) atoms. The molecule has 3 N–H and O–H groups in total. The third-order valence-corrected chi connectivity index (χ3v) is 8.17. The van der Waals surface area contributed by atoms with Crippen molar-refractivity contribution in [1.82, 2.24) is 4.98 Å². The first kappa shape index (κ1) is 18.4. The molecule has 1 aliphatic carbocycles. The van der Waals surface area contributed by atoms with Gasteiger partial charge in [-0.25, -0.2) is 4.98 Å². The number of hydrogen-bond donors (Lipinski definition) is 2. The number of fused-ring (bicyclic) bond motifs is 1. The van der Waals surface area contributed by atoms with Crippen LogP contribution in [0.4, 0.5) is 5.69 Å². The molecular weight excluding hydrogens is 454 g/mol. The fraction of sp³-hybridized carbons (Fsp3) is 0.333. The van der Waals surface area contributed by atoms with Gasteiger partial charge in [-0.3, -0.25) is 4.79 Å². The van der Waals surface area contributed by atoms with Crippen molar-refractivity contribution in [2.75, 3.05) is 5.32 Å². The number of nitrogens with zero attached hydrogens (tertiary/aromatic N) is 1. The number of pyridine rings is 1. The summed E-state index contributed by atoms with van der Waals surface area (Å²) in [5.41, 5.74) is 8.00. The van der Waals surface area contributed by atoms with Crippen molar-refractivity contribution in [2.24, 2.45) is 5.73 Å². The van der Waals surface area contributed by atoms with Gasteiger partial charge >= 0.3 is 0 Å². The van der Waals surface area contributed by atoms with Crippen LogP contribution in [0.1, 0.15) is 34.9 Å². The topological polar surface area (TPSA) is 68.0 Å². The molecule has 0 saturated heterocycles. The summed E-state index contributed by atoms with van der Waals surface area (Å²) in [6, 6.07) is 5.56. The predicted octanol–water partition coefficient (Wildman–Crippen LogP) is 5.55. The minimum Gasteiger partial charge on any atom is -0.379 e. The minimum absolute atomic E-state index is 0.0359. The number of anilines is 1. The molecule has 136 valence electrons. The molecule has 3 heterocycles. The molecule has 1 fully saturated rings. The molecule has 0 bridgehead atoms. The third kappa shape index (κ3) is 3.43. The van der Waals surface area contributed by atoms with Crippen LogP contribution in [0.25, 0.3) is 10.2 Å². The van der Waals surface area contributed by atoms with Gasteiger partial charge in [0, 0.05) is 34.7 Å². The minimum atomic E-state index is -0.439. The average Bonchev–Trinajstić information content (AvgIpc) is 3.24. The van der Waals surface area contributed by atoms with E-state index in [1.54, 1.807) is 22.7 Å². The van der Waals surface area contributed by atoms with E-state index >= 15 is 0 Å². The van der Waals surface area contributed by atoms with E-state index in [1.165, 1.54) is 4.88 Å². The van der Waals surface area contributed by atoms with E-state index in [0.717, 1.165) is 44.6 Å². The zero-order valence-electron chi connectivity index (χ0n) is 13.8. The molecule has 8 heteroatoms. The molecule has 0 spiro atoms. The number of aromatic nitrogens is 1. The Morgan fingerprint density at radius 1 is 1.46 bits per heavy atom. The Balaban J connectivity index is 1.73. The van der Waals surface area contributed by atoms with Crippen LogP contribution >= 0.6 is 50.2 Å². The number of rotatable bonds is 4. The molecule has 1 saturated carbocycles. The Hall–Kier alpha value is -0.990. The smallest absolute Gasteiger partial charge is 0.150 e. The van der Waals surface area contributed by atoms with Gasteiger partial charge in [-0.1, -0.05) is 17.7 Å². The average molecular weight is 471 g/mol. The number of Topliss-reactive ketones (excluding diaryl/α,β-unsaturated/α-hetero) is 1. The Morgan fingerprint density at radius 2 is 2.31 bits per heavy atom. The number of nitrogens with two attached hydrogens (primary N) is 1. The summed E-state index contributed by atoms with van der Waals surface area (Å²) in [4.78, 5) is 18.9. The maximum atomic E-state index is 12.1. The number of carbonyl (C=O) groups excluding carboxylic acids is 1. The van der Waals surface area contributed by atoms with Crippen molar-refractivity contribution in [3.05, 3.63) is 43.0 Å². The first-order valence-corrected chi connectivity index (χ1v) is 11.2. The van der Waals surface area contributed by atoms with E-state index in [1.807, 2.05) is 12.1 Å². The fourth-order valence-corrected chi connectivity index (χ4v) is 6.45. The highest BCUT2D eigenvalue weighted by Crippen LogP contribution is 2.46. The Bertz CT molecular complexity index is 957. The molecule has 0 aromatic carbocycles. The van der Waals surface area contributed by atoms with Crippen molar-refractivity contribution in [1.29, 1.82) is 0 Å². The van der Waals surface area contributed by atoms with Crippen molar-refractivity contribution in [2.45, 2.75) is 37.8 Å². The second-order valence-corrected chi connectivity index (χ2v) is 9.64. The summed E-state index contributed by atoms with van der Waals surface area (Å²) >= 11 is 13.3. The second-order valence-electron chi connectivity index (χ2n) is 6.37. The van der Waals surface area contributed by atoms with Crippen molar-refractivity contribution < 1.29 is 4.79 Å². The van der Waals surface area contributed by atoms with E-state index in [9.17, 15) is 4.79 Å². The van der Waals surface area contributed by atoms with Crippen LogP contribution in [-0.4, -0.2) is 16.8 Å². The number of thiophene rings is 2.